The first-order valence-corrected chi connectivity index (χ1v) is 6.08. The molecule has 2 aromatic carbocycles. The third-order valence-electron chi connectivity index (χ3n) is 2.80. The molecule has 0 atom stereocenters. The molecular weight excluding hydrogens is 264 g/mol. The van der Waals surface area contributed by atoms with Crippen LogP contribution in [0.5, 0.6) is 5.75 Å². The fourth-order valence-electron chi connectivity index (χ4n) is 1.75. The summed E-state index contributed by atoms with van der Waals surface area (Å²) in [5.41, 5.74) is 0.860. The van der Waals surface area contributed by atoms with E-state index in [9.17, 15) is 18.7 Å². The maximum Gasteiger partial charge on any atom is 0.224 e. The fraction of sp³-hybridized carbons (Fsp3) is 0.133. The Morgan fingerprint density at radius 3 is 2.55 bits per heavy atom. The average molecular weight is 277 g/mol. The molecule has 0 unspecified atom stereocenters. The van der Waals surface area contributed by atoms with Crippen molar-refractivity contribution in [3.8, 4) is 5.75 Å². The number of hydrogen-bond donors (Lipinski definition) is 2. The Hall–Kier alpha value is -2.43. The Labute approximate surface area is 114 Å². The maximum atomic E-state index is 13.0. The molecule has 104 valence electrons. The maximum absolute atomic E-state index is 13.0. The number of phenolic OH excluding ortho intramolecular Hbond substituents is 1. The van der Waals surface area contributed by atoms with Crippen LogP contribution in [0.1, 0.15) is 12.0 Å². The highest BCUT2D eigenvalue weighted by molar-refractivity contribution is 5.92. The molecule has 0 aromatic heterocycles. The second kappa shape index (κ2) is 6.14. The zero-order chi connectivity index (χ0) is 14.5. The molecule has 0 saturated carbocycles. The van der Waals surface area contributed by atoms with Crippen molar-refractivity contribution in [3.63, 3.8) is 0 Å². The van der Waals surface area contributed by atoms with E-state index in [0.29, 0.717) is 11.3 Å². The van der Waals surface area contributed by atoms with E-state index < -0.39 is 11.6 Å². The summed E-state index contributed by atoms with van der Waals surface area (Å²) in [6.45, 7) is 0. The van der Waals surface area contributed by atoms with Crippen molar-refractivity contribution in [2.75, 3.05) is 5.32 Å². The smallest absolute Gasteiger partial charge is 0.224 e. The molecule has 0 aliphatic heterocycles. The van der Waals surface area contributed by atoms with Crippen LogP contribution in [0.3, 0.4) is 0 Å². The van der Waals surface area contributed by atoms with Crippen LogP contribution < -0.4 is 5.32 Å². The summed E-state index contributed by atoms with van der Waals surface area (Å²) in [6, 6.07) is 9.91. The van der Waals surface area contributed by atoms with Crippen molar-refractivity contribution >= 4 is 11.6 Å². The third kappa shape index (κ3) is 3.54. The Morgan fingerprint density at radius 2 is 1.85 bits per heavy atom. The van der Waals surface area contributed by atoms with E-state index in [-0.39, 0.29) is 24.5 Å². The van der Waals surface area contributed by atoms with Gasteiger partial charge in [0.2, 0.25) is 5.91 Å². The Kier molecular flexibility index (Phi) is 4.30. The number of nitrogens with one attached hydrogen (secondary N) is 1. The first-order valence-electron chi connectivity index (χ1n) is 6.08. The SMILES string of the molecule is O=C(CCc1ccc(F)c(F)c1)Nc1ccccc1O. The van der Waals surface area contributed by atoms with E-state index in [2.05, 4.69) is 5.32 Å². The number of carbonyl (C=O) groups is 1. The number of carbonyl (C=O) groups excluding carboxylic acids is 1. The number of hydrogen-bond acceptors (Lipinski definition) is 2. The van der Waals surface area contributed by atoms with Crippen LogP contribution >= 0.6 is 0 Å². The molecular formula is C15H13F2NO2. The molecule has 3 nitrogen and oxygen atoms in total. The molecule has 0 spiro atoms. The predicted molar refractivity (Wildman–Crippen MR) is 71.4 cm³/mol. The zero-order valence-corrected chi connectivity index (χ0v) is 10.6. The monoisotopic (exact) mass is 277 g/mol. The van der Waals surface area contributed by atoms with Crippen LogP contribution in [0.25, 0.3) is 0 Å². The molecule has 0 radical (unpaired) electrons. The number of aromatic hydroxyl groups is 1. The molecule has 5 heteroatoms. The minimum atomic E-state index is -0.927. The van der Waals surface area contributed by atoms with Gasteiger partial charge in [0.05, 0.1) is 5.69 Å². The first kappa shape index (κ1) is 14.0. The fourth-order valence-corrected chi connectivity index (χ4v) is 1.75. The number of para-hydroxylation sites is 2. The molecule has 2 rings (SSSR count). The number of amides is 1. The molecule has 0 aliphatic rings. The summed E-state index contributed by atoms with van der Waals surface area (Å²) >= 11 is 0. The normalized spacial score (nSPS) is 10.3. The van der Waals surface area contributed by atoms with Crippen LogP contribution in [0.15, 0.2) is 42.5 Å². The molecule has 2 aromatic rings. The Balaban J connectivity index is 1.92. The molecule has 0 bridgehead atoms. The molecule has 0 fully saturated rings. The van der Waals surface area contributed by atoms with Gasteiger partial charge in [-0.2, -0.15) is 0 Å². The number of aryl methyl sites for hydroxylation is 1. The molecule has 2 N–H and O–H groups in total. The Bertz CT molecular complexity index is 629. The Morgan fingerprint density at radius 1 is 1.10 bits per heavy atom. The third-order valence-corrected chi connectivity index (χ3v) is 2.80. The summed E-state index contributed by atoms with van der Waals surface area (Å²) in [5.74, 6) is -2.17. The highest BCUT2D eigenvalue weighted by Crippen LogP contribution is 2.21. The summed E-state index contributed by atoms with van der Waals surface area (Å²) < 4.78 is 25.7. The van der Waals surface area contributed by atoms with Gasteiger partial charge in [0.1, 0.15) is 5.75 Å². The van der Waals surface area contributed by atoms with Gasteiger partial charge < -0.3 is 10.4 Å². The number of anilines is 1. The van der Waals surface area contributed by atoms with Gasteiger partial charge in [0.15, 0.2) is 11.6 Å². The lowest BCUT2D eigenvalue weighted by Gasteiger charge is -2.07. The lowest BCUT2D eigenvalue weighted by Crippen LogP contribution is -2.12. The summed E-state index contributed by atoms with van der Waals surface area (Å²) in [6.07, 6.45) is 0.399. The highest BCUT2D eigenvalue weighted by Gasteiger charge is 2.07. The lowest BCUT2D eigenvalue weighted by atomic mass is 10.1. The quantitative estimate of drug-likeness (QED) is 0.843. The lowest BCUT2D eigenvalue weighted by molar-refractivity contribution is -0.116. The van der Waals surface area contributed by atoms with E-state index >= 15 is 0 Å². The van der Waals surface area contributed by atoms with Crippen molar-refractivity contribution in [2.24, 2.45) is 0 Å². The molecule has 0 saturated heterocycles. The van der Waals surface area contributed by atoms with Crippen LogP contribution in [0.2, 0.25) is 0 Å². The van der Waals surface area contributed by atoms with E-state index in [1.165, 1.54) is 12.1 Å². The van der Waals surface area contributed by atoms with E-state index in [1.807, 2.05) is 0 Å². The van der Waals surface area contributed by atoms with Gasteiger partial charge in [0.25, 0.3) is 0 Å². The second-order valence-electron chi connectivity index (χ2n) is 4.31. The largest absolute Gasteiger partial charge is 0.506 e. The average Bonchev–Trinajstić information content (AvgIpc) is 2.43. The standard InChI is InChI=1S/C15H13F2NO2/c16-11-7-5-10(9-12(11)17)6-8-15(20)18-13-3-1-2-4-14(13)19/h1-5,7,9,19H,6,8H2,(H,18,20). The van der Waals surface area contributed by atoms with Crippen molar-refractivity contribution in [1.29, 1.82) is 0 Å². The van der Waals surface area contributed by atoms with E-state index in [1.54, 1.807) is 18.2 Å². The van der Waals surface area contributed by atoms with Gasteiger partial charge in [-0.05, 0) is 36.2 Å². The van der Waals surface area contributed by atoms with Gasteiger partial charge in [0, 0.05) is 6.42 Å². The zero-order valence-electron chi connectivity index (χ0n) is 10.6. The van der Waals surface area contributed by atoms with Crippen LogP contribution in [0, 0.1) is 11.6 Å². The van der Waals surface area contributed by atoms with Crippen LogP contribution in [0.4, 0.5) is 14.5 Å². The summed E-state index contributed by atoms with van der Waals surface area (Å²) in [5, 5.41) is 12.1. The van der Waals surface area contributed by atoms with Gasteiger partial charge in [-0.15, -0.1) is 0 Å². The summed E-state index contributed by atoms with van der Waals surface area (Å²) in [4.78, 5) is 11.7. The first-order chi connectivity index (χ1) is 9.56. The minimum absolute atomic E-state index is 0.0197. The number of rotatable bonds is 4. The van der Waals surface area contributed by atoms with Crippen molar-refractivity contribution in [1.82, 2.24) is 0 Å². The van der Waals surface area contributed by atoms with Crippen molar-refractivity contribution in [3.05, 3.63) is 59.7 Å². The topological polar surface area (TPSA) is 49.3 Å². The number of halogens is 2. The van der Waals surface area contributed by atoms with E-state index in [0.717, 1.165) is 12.1 Å². The number of phenols is 1. The van der Waals surface area contributed by atoms with Gasteiger partial charge in [-0.3, -0.25) is 4.79 Å². The molecule has 0 heterocycles. The van der Waals surface area contributed by atoms with E-state index in [4.69, 9.17) is 0 Å². The molecule has 0 aliphatic carbocycles. The van der Waals surface area contributed by atoms with Gasteiger partial charge in [-0.1, -0.05) is 18.2 Å². The second-order valence-corrected chi connectivity index (χ2v) is 4.31. The highest BCUT2D eigenvalue weighted by atomic mass is 19.2. The summed E-state index contributed by atoms with van der Waals surface area (Å²) in [7, 11) is 0. The van der Waals surface area contributed by atoms with Crippen LogP contribution in [-0.2, 0) is 11.2 Å². The number of benzene rings is 2. The van der Waals surface area contributed by atoms with Gasteiger partial charge >= 0.3 is 0 Å². The minimum Gasteiger partial charge on any atom is -0.506 e. The predicted octanol–water partition coefficient (Wildman–Crippen LogP) is 3.24. The van der Waals surface area contributed by atoms with Crippen molar-refractivity contribution < 1.29 is 18.7 Å². The molecule has 20 heavy (non-hydrogen) atoms. The molecule has 1 amide bonds. The van der Waals surface area contributed by atoms with Crippen molar-refractivity contribution in [2.45, 2.75) is 12.8 Å². The van der Waals surface area contributed by atoms with Gasteiger partial charge in [-0.25, -0.2) is 8.78 Å². The van der Waals surface area contributed by atoms with Crippen LogP contribution in [-0.4, -0.2) is 11.0 Å².